The molecule has 5 heteroatoms. The summed E-state index contributed by atoms with van der Waals surface area (Å²) in [6, 6.07) is 4.12. The number of aromatic nitrogens is 1. The first-order valence-electron chi connectivity index (χ1n) is 8.00. The van der Waals surface area contributed by atoms with Gasteiger partial charge in [0.15, 0.2) is 0 Å². The molecule has 1 spiro atoms. The highest BCUT2D eigenvalue weighted by molar-refractivity contribution is 5.69. The van der Waals surface area contributed by atoms with Crippen molar-refractivity contribution in [1.82, 2.24) is 9.88 Å². The number of hydrogen-bond acceptors (Lipinski definition) is 4. The first-order chi connectivity index (χ1) is 10.4. The molecule has 2 saturated heterocycles. The monoisotopic (exact) mass is 303 g/mol. The molecule has 0 radical (unpaired) electrons. The zero-order valence-corrected chi connectivity index (χ0v) is 13.7. The van der Waals surface area contributed by atoms with Crippen LogP contribution in [0.5, 0.6) is 0 Å². The number of nitrogens with zero attached hydrogens (tertiary/aromatic N) is 3. The van der Waals surface area contributed by atoms with Gasteiger partial charge in [0.2, 0.25) is 0 Å². The maximum Gasteiger partial charge on any atom is 0.410 e. The van der Waals surface area contributed by atoms with Crippen LogP contribution in [0.2, 0.25) is 0 Å². The molecule has 0 atom stereocenters. The zero-order valence-electron chi connectivity index (χ0n) is 13.7. The van der Waals surface area contributed by atoms with E-state index in [4.69, 9.17) is 4.74 Å². The van der Waals surface area contributed by atoms with Crippen LogP contribution in [0.15, 0.2) is 24.5 Å². The Morgan fingerprint density at radius 3 is 2.32 bits per heavy atom. The molecule has 1 aromatic heterocycles. The van der Waals surface area contributed by atoms with Crippen molar-refractivity contribution in [2.24, 2.45) is 5.41 Å². The molecular formula is C17H25N3O2. The van der Waals surface area contributed by atoms with Crippen molar-refractivity contribution in [2.75, 3.05) is 31.1 Å². The fourth-order valence-corrected chi connectivity index (χ4v) is 3.33. The molecule has 120 valence electrons. The summed E-state index contributed by atoms with van der Waals surface area (Å²) in [5, 5.41) is 0. The van der Waals surface area contributed by atoms with E-state index in [1.807, 2.05) is 38.1 Å². The van der Waals surface area contributed by atoms with E-state index in [0.29, 0.717) is 5.41 Å². The van der Waals surface area contributed by atoms with Crippen LogP contribution in [-0.4, -0.2) is 47.8 Å². The molecule has 1 amide bonds. The van der Waals surface area contributed by atoms with E-state index in [-0.39, 0.29) is 6.09 Å². The van der Waals surface area contributed by atoms with Gasteiger partial charge in [0.1, 0.15) is 5.60 Å². The molecule has 2 aliphatic rings. The predicted octanol–water partition coefficient (Wildman–Crippen LogP) is 2.92. The van der Waals surface area contributed by atoms with Gasteiger partial charge in [-0.2, -0.15) is 0 Å². The van der Waals surface area contributed by atoms with Crippen LogP contribution in [0.1, 0.15) is 33.6 Å². The molecule has 0 N–H and O–H groups in total. The topological polar surface area (TPSA) is 45.7 Å². The van der Waals surface area contributed by atoms with Crippen LogP contribution in [0, 0.1) is 5.41 Å². The summed E-state index contributed by atoms with van der Waals surface area (Å²) in [5.41, 5.74) is 1.14. The van der Waals surface area contributed by atoms with Crippen LogP contribution >= 0.6 is 0 Å². The van der Waals surface area contributed by atoms with Gasteiger partial charge >= 0.3 is 6.09 Å². The summed E-state index contributed by atoms with van der Waals surface area (Å²) < 4.78 is 5.44. The van der Waals surface area contributed by atoms with Crippen molar-refractivity contribution in [2.45, 2.75) is 39.2 Å². The molecule has 0 bridgehead atoms. The zero-order chi connectivity index (χ0) is 15.8. The molecule has 22 heavy (non-hydrogen) atoms. The van der Waals surface area contributed by atoms with Crippen LogP contribution in [-0.2, 0) is 4.74 Å². The molecule has 0 aromatic carbocycles. The van der Waals surface area contributed by atoms with Gasteiger partial charge in [-0.15, -0.1) is 0 Å². The van der Waals surface area contributed by atoms with Crippen molar-refractivity contribution in [1.29, 1.82) is 0 Å². The number of ether oxygens (including phenoxy) is 1. The number of rotatable bonds is 1. The van der Waals surface area contributed by atoms with Gasteiger partial charge in [-0.1, -0.05) is 0 Å². The number of amides is 1. The fourth-order valence-electron chi connectivity index (χ4n) is 3.33. The maximum atomic E-state index is 12.0. The Hall–Kier alpha value is -1.78. The number of likely N-dealkylation sites (tertiary alicyclic amines) is 1. The molecule has 0 unspecified atom stereocenters. The Labute approximate surface area is 132 Å². The Morgan fingerprint density at radius 1 is 1.18 bits per heavy atom. The van der Waals surface area contributed by atoms with E-state index in [1.54, 1.807) is 0 Å². The van der Waals surface area contributed by atoms with Crippen molar-refractivity contribution < 1.29 is 9.53 Å². The van der Waals surface area contributed by atoms with Crippen LogP contribution < -0.4 is 4.90 Å². The predicted molar refractivity (Wildman–Crippen MR) is 85.9 cm³/mol. The molecule has 1 aromatic rings. The Morgan fingerprint density at radius 2 is 1.77 bits per heavy atom. The third-order valence-electron chi connectivity index (χ3n) is 4.56. The maximum absolute atomic E-state index is 12.0. The number of piperidine rings is 1. The summed E-state index contributed by atoms with van der Waals surface area (Å²) in [5.74, 6) is 0. The largest absolute Gasteiger partial charge is 0.444 e. The van der Waals surface area contributed by atoms with E-state index in [1.165, 1.54) is 5.69 Å². The summed E-state index contributed by atoms with van der Waals surface area (Å²) in [7, 11) is 0. The second-order valence-electron chi connectivity index (χ2n) is 7.53. The van der Waals surface area contributed by atoms with E-state index >= 15 is 0 Å². The summed E-state index contributed by atoms with van der Waals surface area (Å²) in [6.45, 7) is 9.51. The van der Waals surface area contributed by atoms with Crippen LogP contribution in [0.3, 0.4) is 0 Å². The number of hydrogen-bond donors (Lipinski definition) is 0. The average molecular weight is 303 g/mol. The van der Waals surface area contributed by atoms with Gasteiger partial charge in [0.05, 0.1) is 0 Å². The van der Waals surface area contributed by atoms with Gasteiger partial charge in [0, 0.05) is 49.7 Å². The van der Waals surface area contributed by atoms with Gasteiger partial charge in [-0.05, 0) is 45.7 Å². The minimum absolute atomic E-state index is 0.172. The molecule has 2 aliphatic heterocycles. The molecule has 5 nitrogen and oxygen atoms in total. The van der Waals surface area contributed by atoms with Gasteiger partial charge in [-0.25, -0.2) is 4.79 Å². The lowest BCUT2D eigenvalue weighted by molar-refractivity contribution is -0.0434. The van der Waals surface area contributed by atoms with Crippen LogP contribution in [0.25, 0.3) is 0 Å². The highest BCUT2D eigenvalue weighted by atomic mass is 16.6. The van der Waals surface area contributed by atoms with Gasteiger partial charge in [0.25, 0.3) is 0 Å². The van der Waals surface area contributed by atoms with E-state index in [0.717, 1.165) is 39.0 Å². The lowest BCUT2D eigenvalue weighted by Crippen LogP contribution is -2.62. The number of carbonyl (C=O) groups is 1. The second-order valence-corrected chi connectivity index (χ2v) is 7.53. The summed E-state index contributed by atoms with van der Waals surface area (Å²) >= 11 is 0. The third-order valence-corrected chi connectivity index (χ3v) is 4.56. The molecule has 0 saturated carbocycles. The molecule has 0 aliphatic carbocycles. The first-order valence-corrected chi connectivity index (χ1v) is 8.00. The van der Waals surface area contributed by atoms with E-state index < -0.39 is 5.60 Å². The Balaban J connectivity index is 1.50. The molecule has 2 fully saturated rings. The summed E-state index contributed by atoms with van der Waals surface area (Å²) in [4.78, 5) is 20.4. The second kappa shape index (κ2) is 5.45. The lowest BCUT2D eigenvalue weighted by atomic mass is 9.72. The normalized spacial score (nSPS) is 20.7. The van der Waals surface area contributed by atoms with E-state index in [2.05, 4.69) is 22.0 Å². The highest BCUT2D eigenvalue weighted by Gasteiger charge is 2.47. The Bertz CT molecular complexity index is 523. The Kier molecular flexibility index (Phi) is 3.75. The van der Waals surface area contributed by atoms with Crippen molar-refractivity contribution in [3.05, 3.63) is 24.5 Å². The van der Waals surface area contributed by atoms with Crippen molar-refractivity contribution in [3.63, 3.8) is 0 Å². The third kappa shape index (κ3) is 3.18. The number of carbonyl (C=O) groups excluding carboxylic acids is 1. The lowest BCUT2D eigenvalue weighted by Gasteiger charge is -2.53. The number of anilines is 1. The molecule has 3 rings (SSSR count). The smallest absolute Gasteiger partial charge is 0.410 e. The van der Waals surface area contributed by atoms with Crippen LogP contribution in [0.4, 0.5) is 10.5 Å². The van der Waals surface area contributed by atoms with E-state index in [9.17, 15) is 4.79 Å². The highest BCUT2D eigenvalue weighted by Crippen LogP contribution is 2.41. The summed E-state index contributed by atoms with van der Waals surface area (Å²) in [6.07, 6.45) is 5.78. The van der Waals surface area contributed by atoms with Gasteiger partial charge < -0.3 is 14.5 Å². The van der Waals surface area contributed by atoms with Gasteiger partial charge in [-0.3, -0.25) is 4.98 Å². The molecular weight excluding hydrogens is 278 g/mol. The van der Waals surface area contributed by atoms with Crippen molar-refractivity contribution in [3.8, 4) is 0 Å². The fraction of sp³-hybridized carbons (Fsp3) is 0.647. The quantitative estimate of drug-likeness (QED) is 0.800. The minimum Gasteiger partial charge on any atom is -0.444 e. The van der Waals surface area contributed by atoms with Crippen molar-refractivity contribution >= 4 is 11.8 Å². The SMILES string of the molecule is CC(C)(C)OC(=O)N1CC2(CCN(c3ccncc3)CC2)C1. The standard InChI is InChI=1S/C17H25N3O2/c1-16(2,3)22-15(21)20-12-17(13-20)6-10-19(11-7-17)14-4-8-18-9-5-14/h4-5,8-9H,6-7,10-13H2,1-3H3. The molecule has 3 heterocycles. The first kappa shape index (κ1) is 15.1. The number of pyridine rings is 1. The average Bonchev–Trinajstić information content (AvgIpc) is 2.44. The minimum atomic E-state index is -0.412.